The third-order valence-corrected chi connectivity index (χ3v) is 6.73. The number of aromatic nitrogens is 1. The van der Waals surface area contributed by atoms with Gasteiger partial charge in [-0.25, -0.2) is 9.78 Å². The number of ether oxygens (including phenoxy) is 1. The first kappa shape index (κ1) is 23.1. The van der Waals surface area contributed by atoms with Crippen molar-refractivity contribution in [2.75, 3.05) is 36.0 Å². The summed E-state index contributed by atoms with van der Waals surface area (Å²) in [6.07, 6.45) is 1.67. The van der Waals surface area contributed by atoms with Gasteiger partial charge in [0.05, 0.1) is 5.56 Å². The van der Waals surface area contributed by atoms with Crippen LogP contribution in [0.25, 0.3) is 0 Å². The number of carbonyl (C=O) groups is 1. The number of halogens is 1. The Morgan fingerprint density at radius 2 is 1.27 bits per heavy atom. The van der Waals surface area contributed by atoms with Gasteiger partial charge in [-0.15, -0.1) is 0 Å². The number of esters is 1. The van der Waals surface area contributed by atoms with Crippen molar-refractivity contribution >= 4 is 28.9 Å². The van der Waals surface area contributed by atoms with Crippen LogP contribution >= 0.6 is 11.6 Å². The molecule has 0 unspecified atom stereocenters. The minimum Gasteiger partial charge on any atom is -0.441 e. The molecule has 3 aromatic rings. The fraction of sp³-hybridized carbons (Fsp3) is 0.333. The molecule has 0 radical (unpaired) electrons. The molecule has 1 aromatic heterocycles. The van der Waals surface area contributed by atoms with E-state index in [4.69, 9.17) is 16.3 Å². The van der Waals surface area contributed by atoms with Gasteiger partial charge in [0.2, 0.25) is 0 Å². The van der Waals surface area contributed by atoms with Crippen LogP contribution in [0.5, 0.6) is 0 Å². The van der Waals surface area contributed by atoms with Gasteiger partial charge in [-0.05, 0) is 58.0 Å². The number of nitrogens with zero attached hydrogens (tertiary/aromatic N) is 3. The quantitative estimate of drug-likeness (QED) is 0.308. The number of benzene rings is 2. The van der Waals surface area contributed by atoms with E-state index in [2.05, 4.69) is 66.7 Å². The first-order valence-electron chi connectivity index (χ1n) is 11.6. The summed E-state index contributed by atoms with van der Waals surface area (Å²) in [5.74, 6) is -0.394. The van der Waals surface area contributed by atoms with Gasteiger partial charge in [-0.2, -0.15) is 0 Å². The van der Waals surface area contributed by atoms with E-state index in [-0.39, 0.29) is 5.15 Å². The van der Waals surface area contributed by atoms with Gasteiger partial charge >= 0.3 is 5.97 Å². The molecule has 0 saturated heterocycles. The lowest BCUT2D eigenvalue weighted by atomic mass is 9.80. The van der Waals surface area contributed by atoms with Crippen LogP contribution in [0.3, 0.4) is 0 Å². The minimum atomic E-state index is -1.08. The highest BCUT2D eigenvalue weighted by Gasteiger charge is 2.49. The Labute approximate surface area is 201 Å². The summed E-state index contributed by atoms with van der Waals surface area (Å²) in [6.45, 7) is 12.3. The van der Waals surface area contributed by atoms with Crippen molar-refractivity contribution in [3.63, 3.8) is 0 Å². The number of fused-ring (bicyclic) bond motifs is 1. The number of rotatable bonds is 8. The molecule has 1 aliphatic rings. The van der Waals surface area contributed by atoms with Gasteiger partial charge < -0.3 is 14.5 Å². The first-order valence-corrected chi connectivity index (χ1v) is 12.0. The predicted molar refractivity (Wildman–Crippen MR) is 135 cm³/mol. The number of cyclic esters (lactones) is 1. The van der Waals surface area contributed by atoms with Crippen molar-refractivity contribution in [2.45, 2.75) is 33.3 Å². The Morgan fingerprint density at radius 1 is 0.818 bits per heavy atom. The number of carbonyl (C=O) groups excluding carboxylic acids is 1. The summed E-state index contributed by atoms with van der Waals surface area (Å²) in [5.41, 5.74) is 4.12. The topological polar surface area (TPSA) is 45.7 Å². The molecule has 2 heterocycles. The normalized spacial score (nSPS) is 14.0. The number of hydrogen-bond donors (Lipinski definition) is 0. The second kappa shape index (κ2) is 9.44. The minimum absolute atomic E-state index is 0.273. The summed E-state index contributed by atoms with van der Waals surface area (Å²) in [6, 6.07) is 18.1. The smallest absolute Gasteiger partial charge is 0.340 e. The molecular formula is C27H30ClN3O2. The lowest BCUT2D eigenvalue weighted by Crippen LogP contribution is -2.30. The average Bonchev–Trinajstić information content (AvgIpc) is 3.14. The van der Waals surface area contributed by atoms with E-state index in [0.29, 0.717) is 11.1 Å². The molecule has 0 atom stereocenters. The Kier molecular flexibility index (Phi) is 6.61. The largest absolute Gasteiger partial charge is 0.441 e. The molecule has 0 amide bonds. The highest BCUT2D eigenvalue weighted by Crippen LogP contribution is 2.47. The van der Waals surface area contributed by atoms with Gasteiger partial charge in [0, 0.05) is 60.4 Å². The summed E-state index contributed by atoms with van der Waals surface area (Å²) in [5, 5.41) is 0.273. The van der Waals surface area contributed by atoms with E-state index < -0.39 is 11.6 Å². The molecule has 0 N–H and O–H groups in total. The SMILES string of the molecule is CCN(CC)c1ccc(C2(c3ccc(N(CC)CC)cc3)OC(=O)c3cc(Cl)ncc32)cc1. The average molecular weight is 464 g/mol. The molecule has 0 bridgehead atoms. The molecule has 0 aliphatic carbocycles. The Morgan fingerprint density at radius 3 is 1.70 bits per heavy atom. The van der Waals surface area contributed by atoms with Crippen molar-refractivity contribution in [2.24, 2.45) is 0 Å². The molecule has 0 saturated carbocycles. The molecule has 2 aromatic carbocycles. The Balaban J connectivity index is 1.88. The summed E-state index contributed by atoms with van der Waals surface area (Å²) >= 11 is 6.12. The van der Waals surface area contributed by atoms with Crippen LogP contribution in [-0.4, -0.2) is 37.1 Å². The zero-order valence-electron chi connectivity index (χ0n) is 19.6. The molecular weight excluding hydrogens is 434 g/mol. The fourth-order valence-corrected chi connectivity index (χ4v) is 4.87. The maximum absolute atomic E-state index is 13.0. The third kappa shape index (κ3) is 3.95. The molecule has 33 heavy (non-hydrogen) atoms. The number of anilines is 2. The van der Waals surface area contributed by atoms with Gasteiger partial charge in [0.15, 0.2) is 5.60 Å². The fourth-order valence-electron chi connectivity index (χ4n) is 4.72. The van der Waals surface area contributed by atoms with E-state index in [1.54, 1.807) is 12.3 Å². The maximum atomic E-state index is 13.0. The van der Waals surface area contributed by atoms with Gasteiger partial charge in [0.1, 0.15) is 5.15 Å². The Bertz CT molecular complexity index is 1070. The second-order valence-electron chi connectivity index (χ2n) is 8.06. The monoisotopic (exact) mass is 463 g/mol. The number of hydrogen-bond acceptors (Lipinski definition) is 5. The van der Waals surface area contributed by atoms with Crippen LogP contribution < -0.4 is 9.80 Å². The van der Waals surface area contributed by atoms with Gasteiger partial charge in [0.25, 0.3) is 0 Å². The predicted octanol–water partition coefficient (Wildman–Crippen LogP) is 5.89. The highest BCUT2D eigenvalue weighted by atomic mass is 35.5. The van der Waals surface area contributed by atoms with Gasteiger partial charge in [-0.1, -0.05) is 35.9 Å². The van der Waals surface area contributed by atoms with Gasteiger partial charge in [-0.3, -0.25) is 0 Å². The highest BCUT2D eigenvalue weighted by molar-refractivity contribution is 6.29. The van der Waals surface area contributed by atoms with Crippen molar-refractivity contribution in [1.29, 1.82) is 0 Å². The van der Waals surface area contributed by atoms with E-state index >= 15 is 0 Å². The van der Waals surface area contributed by atoms with Crippen molar-refractivity contribution in [3.8, 4) is 0 Å². The summed E-state index contributed by atoms with van der Waals surface area (Å²) in [4.78, 5) is 21.8. The lowest BCUT2D eigenvalue weighted by molar-refractivity contribution is 0.0251. The second-order valence-corrected chi connectivity index (χ2v) is 8.45. The molecule has 1 aliphatic heterocycles. The maximum Gasteiger partial charge on any atom is 0.340 e. The molecule has 6 heteroatoms. The number of pyridine rings is 1. The Hall–Kier alpha value is -3.05. The molecule has 0 spiro atoms. The summed E-state index contributed by atoms with van der Waals surface area (Å²) in [7, 11) is 0. The van der Waals surface area contributed by atoms with Crippen molar-refractivity contribution in [1.82, 2.24) is 4.98 Å². The molecule has 4 rings (SSSR count). The lowest BCUT2D eigenvalue weighted by Gasteiger charge is -2.31. The standard InChI is InChI=1S/C27H30ClN3O2/c1-5-30(6-2)21-13-9-19(10-14-21)27(20-11-15-22(16-12-20)31(7-3)8-4)24-18-29-25(28)17-23(24)26(32)33-27/h9-18H,5-8H2,1-4H3. The van der Waals surface area contributed by atoms with Crippen LogP contribution in [-0.2, 0) is 10.3 Å². The van der Waals surface area contributed by atoms with E-state index in [0.717, 1.165) is 48.7 Å². The summed E-state index contributed by atoms with van der Waals surface area (Å²) < 4.78 is 6.19. The molecule has 0 fully saturated rings. The van der Waals surface area contributed by atoms with Crippen molar-refractivity contribution < 1.29 is 9.53 Å². The molecule has 5 nitrogen and oxygen atoms in total. The van der Waals surface area contributed by atoms with Crippen LogP contribution in [0.1, 0.15) is 54.7 Å². The van der Waals surface area contributed by atoms with Crippen molar-refractivity contribution in [3.05, 3.63) is 88.2 Å². The molecule has 172 valence electrons. The zero-order chi connectivity index (χ0) is 23.6. The van der Waals surface area contributed by atoms with E-state index in [9.17, 15) is 4.79 Å². The van der Waals surface area contributed by atoms with Crippen LogP contribution in [0.15, 0.2) is 60.8 Å². The zero-order valence-corrected chi connectivity index (χ0v) is 20.4. The van der Waals surface area contributed by atoms with Crippen LogP contribution in [0.2, 0.25) is 5.15 Å². The van der Waals surface area contributed by atoms with E-state index in [1.807, 2.05) is 24.3 Å². The van der Waals surface area contributed by atoms with Crippen LogP contribution in [0, 0.1) is 0 Å². The van der Waals surface area contributed by atoms with Crippen LogP contribution in [0.4, 0.5) is 11.4 Å². The first-order chi connectivity index (χ1) is 16.0. The van der Waals surface area contributed by atoms with E-state index in [1.165, 1.54) is 0 Å². The third-order valence-electron chi connectivity index (χ3n) is 6.52.